The predicted molar refractivity (Wildman–Crippen MR) is 51.4 cm³/mol. The van der Waals surface area contributed by atoms with Crippen LogP contribution in [0.1, 0.15) is 18.2 Å². The molecule has 0 aliphatic carbocycles. The van der Waals surface area contributed by atoms with Crippen LogP contribution in [-0.4, -0.2) is 4.98 Å². The second-order valence-corrected chi connectivity index (χ2v) is 3.01. The Morgan fingerprint density at radius 1 is 1.73 bits per heavy atom. The van der Waals surface area contributed by atoms with E-state index in [9.17, 15) is 0 Å². The molecule has 1 nitrogen and oxygen atoms in total. The minimum atomic E-state index is 0.947. The Morgan fingerprint density at radius 3 is 3.00 bits per heavy atom. The molecule has 0 atom stereocenters. The van der Waals surface area contributed by atoms with Gasteiger partial charge in [0.05, 0.1) is 5.69 Å². The summed E-state index contributed by atoms with van der Waals surface area (Å²) in [6.45, 7) is 5.79. The molecule has 0 spiro atoms. The monoisotopic (exact) mass is 211 g/mol. The van der Waals surface area contributed by atoms with E-state index in [0.29, 0.717) is 0 Å². The fraction of sp³-hybridized carbons (Fsp3) is 0.222. The van der Waals surface area contributed by atoms with Crippen molar-refractivity contribution < 1.29 is 0 Å². The Balaban J connectivity index is 3.20. The molecular formula is C9H10BrN. The molecule has 11 heavy (non-hydrogen) atoms. The summed E-state index contributed by atoms with van der Waals surface area (Å²) in [5.41, 5.74) is 2.19. The Bertz CT molecular complexity index is 268. The van der Waals surface area contributed by atoms with Crippen LogP contribution in [0.5, 0.6) is 0 Å². The summed E-state index contributed by atoms with van der Waals surface area (Å²) in [5, 5.41) is 0. The Kier molecular flexibility index (Phi) is 2.83. The summed E-state index contributed by atoms with van der Waals surface area (Å²) >= 11 is 3.47. The number of halogens is 1. The van der Waals surface area contributed by atoms with Gasteiger partial charge in [0.15, 0.2) is 0 Å². The van der Waals surface area contributed by atoms with Crippen molar-refractivity contribution in [2.24, 2.45) is 0 Å². The van der Waals surface area contributed by atoms with E-state index in [1.807, 2.05) is 12.1 Å². The number of aromatic nitrogens is 1. The first-order chi connectivity index (χ1) is 5.29. The minimum absolute atomic E-state index is 0.947. The maximum Gasteiger partial charge on any atom is 0.0548 e. The van der Waals surface area contributed by atoms with Gasteiger partial charge in [0, 0.05) is 10.7 Å². The standard InChI is InChI=1S/C9H10BrN/c1-3-7-5-6-11-8(4-2)9(7)10/h3,5-6H,1,4H2,2H3. The highest BCUT2D eigenvalue weighted by atomic mass is 79.9. The number of rotatable bonds is 2. The fourth-order valence-corrected chi connectivity index (χ4v) is 1.58. The number of nitrogens with zero attached hydrogens (tertiary/aromatic N) is 1. The van der Waals surface area contributed by atoms with E-state index in [1.165, 1.54) is 0 Å². The second kappa shape index (κ2) is 3.67. The zero-order valence-electron chi connectivity index (χ0n) is 6.47. The molecule has 0 aliphatic rings. The van der Waals surface area contributed by atoms with Gasteiger partial charge in [0.1, 0.15) is 0 Å². The first-order valence-electron chi connectivity index (χ1n) is 3.55. The van der Waals surface area contributed by atoms with Crippen molar-refractivity contribution in [2.75, 3.05) is 0 Å². The van der Waals surface area contributed by atoms with Crippen LogP contribution in [0.15, 0.2) is 23.3 Å². The van der Waals surface area contributed by atoms with Crippen LogP contribution in [-0.2, 0) is 6.42 Å². The van der Waals surface area contributed by atoms with Gasteiger partial charge in [-0.2, -0.15) is 0 Å². The summed E-state index contributed by atoms with van der Waals surface area (Å²) < 4.78 is 1.07. The van der Waals surface area contributed by atoms with Crippen LogP contribution in [0.4, 0.5) is 0 Å². The smallest absolute Gasteiger partial charge is 0.0548 e. The van der Waals surface area contributed by atoms with E-state index in [4.69, 9.17) is 0 Å². The second-order valence-electron chi connectivity index (χ2n) is 2.22. The van der Waals surface area contributed by atoms with Gasteiger partial charge >= 0.3 is 0 Å². The van der Waals surface area contributed by atoms with E-state index in [1.54, 1.807) is 6.20 Å². The van der Waals surface area contributed by atoms with Crippen molar-refractivity contribution in [3.05, 3.63) is 34.6 Å². The average molecular weight is 212 g/mol. The predicted octanol–water partition coefficient (Wildman–Crippen LogP) is 3.05. The van der Waals surface area contributed by atoms with Crippen molar-refractivity contribution in [3.63, 3.8) is 0 Å². The lowest BCUT2D eigenvalue weighted by atomic mass is 10.2. The molecule has 0 saturated carbocycles. The van der Waals surface area contributed by atoms with Gasteiger partial charge in [-0.05, 0) is 34.0 Å². The molecule has 58 valence electrons. The maximum atomic E-state index is 4.21. The van der Waals surface area contributed by atoms with Gasteiger partial charge < -0.3 is 0 Å². The molecule has 0 unspecified atom stereocenters. The van der Waals surface area contributed by atoms with E-state index in [-0.39, 0.29) is 0 Å². The molecular weight excluding hydrogens is 202 g/mol. The lowest BCUT2D eigenvalue weighted by Crippen LogP contribution is -1.89. The minimum Gasteiger partial charge on any atom is -0.260 e. The van der Waals surface area contributed by atoms with Crippen molar-refractivity contribution in [2.45, 2.75) is 13.3 Å². The van der Waals surface area contributed by atoms with Crippen LogP contribution in [0.2, 0.25) is 0 Å². The summed E-state index contributed by atoms with van der Waals surface area (Å²) in [6.07, 6.45) is 4.58. The van der Waals surface area contributed by atoms with E-state index >= 15 is 0 Å². The number of hydrogen-bond donors (Lipinski definition) is 0. The van der Waals surface area contributed by atoms with Crippen molar-refractivity contribution in [1.29, 1.82) is 0 Å². The fourth-order valence-electron chi connectivity index (χ4n) is 0.908. The average Bonchev–Trinajstić information content (AvgIpc) is 2.05. The van der Waals surface area contributed by atoms with Gasteiger partial charge in [0.25, 0.3) is 0 Å². The summed E-state index contributed by atoms with van der Waals surface area (Å²) in [5.74, 6) is 0. The topological polar surface area (TPSA) is 12.9 Å². The molecule has 0 aromatic carbocycles. The highest BCUT2D eigenvalue weighted by Crippen LogP contribution is 2.20. The molecule has 2 heteroatoms. The molecule has 0 radical (unpaired) electrons. The van der Waals surface area contributed by atoms with Crippen LogP contribution < -0.4 is 0 Å². The van der Waals surface area contributed by atoms with E-state index in [2.05, 4.69) is 34.4 Å². The lowest BCUT2D eigenvalue weighted by molar-refractivity contribution is 1.02. The van der Waals surface area contributed by atoms with E-state index < -0.39 is 0 Å². The normalized spacial score (nSPS) is 9.64. The number of hydrogen-bond acceptors (Lipinski definition) is 1. The third-order valence-electron chi connectivity index (χ3n) is 1.55. The Morgan fingerprint density at radius 2 is 2.45 bits per heavy atom. The quantitative estimate of drug-likeness (QED) is 0.734. The van der Waals surface area contributed by atoms with Crippen molar-refractivity contribution in [1.82, 2.24) is 4.98 Å². The van der Waals surface area contributed by atoms with Crippen LogP contribution in [0.25, 0.3) is 6.08 Å². The molecule has 0 saturated heterocycles. The third kappa shape index (κ3) is 1.69. The first kappa shape index (κ1) is 8.47. The Hall–Kier alpha value is -0.630. The largest absolute Gasteiger partial charge is 0.260 e. The highest BCUT2D eigenvalue weighted by molar-refractivity contribution is 9.10. The van der Waals surface area contributed by atoms with Gasteiger partial charge in [0.2, 0.25) is 0 Å². The van der Waals surface area contributed by atoms with E-state index in [0.717, 1.165) is 22.2 Å². The summed E-state index contributed by atoms with van der Waals surface area (Å²) in [7, 11) is 0. The third-order valence-corrected chi connectivity index (χ3v) is 2.46. The highest BCUT2D eigenvalue weighted by Gasteiger charge is 2.00. The number of aryl methyl sites for hydroxylation is 1. The molecule has 0 bridgehead atoms. The molecule has 1 rings (SSSR count). The zero-order valence-corrected chi connectivity index (χ0v) is 8.06. The lowest BCUT2D eigenvalue weighted by Gasteiger charge is -2.02. The van der Waals surface area contributed by atoms with Crippen LogP contribution >= 0.6 is 15.9 Å². The number of pyridine rings is 1. The van der Waals surface area contributed by atoms with Crippen molar-refractivity contribution in [3.8, 4) is 0 Å². The molecule has 0 amide bonds. The molecule has 1 aromatic heterocycles. The summed E-state index contributed by atoms with van der Waals surface area (Å²) in [4.78, 5) is 4.21. The van der Waals surface area contributed by atoms with Gasteiger partial charge in [-0.3, -0.25) is 4.98 Å². The van der Waals surface area contributed by atoms with Gasteiger partial charge in [-0.15, -0.1) is 0 Å². The summed E-state index contributed by atoms with van der Waals surface area (Å²) in [6, 6.07) is 1.94. The maximum absolute atomic E-state index is 4.21. The Labute approximate surface area is 75.3 Å². The molecule has 1 aromatic rings. The molecule has 0 aliphatic heterocycles. The van der Waals surface area contributed by atoms with Gasteiger partial charge in [-0.1, -0.05) is 19.6 Å². The van der Waals surface area contributed by atoms with Crippen LogP contribution in [0, 0.1) is 0 Å². The first-order valence-corrected chi connectivity index (χ1v) is 4.34. The molecule has 0 N–H and O–H groups in total. The SMILES string of the molecule is C=Cc1ccnc(CC)c1Br. The zero-order chi connectivity index (χ0) is 8.27. The van der Waals surface area contributed by atoms with Crippen LogP contribution in [0.3, 0.4) is 0 Å². The van der Waals surface area contributed by atoms with Gasteiger partial charge in [-0.25, -0.2) is 0 Å². The molecule has 1 heterocycles. The molecule has 0 fully saturated rings. The van der Waals surface area contributed by atoms with Crippen molar-refractivity contribution >= 4 is 22.0 Å².